The summed E-state index contributed by atoms with van der Waals surface area (Å²) in [5.41, 5.74) is 0. The lowest BCUT2D eigenvalue weighted by Gasteiger charge is -2.03. The first-order chi connectivity index (χ1) is 7.08. The molecule has 15 heavy (non-hydrogen) atoms. The van der Waals surface area contributed by atoms with Gasteiger partial charge in [-0.15, -0.1) is 10.2 Å². The summed E-state index contributed by atoms with van der Waals surface area (Å²) in [5, 5.41) is 15.7. The van der Waals surface area contributed by atoms with Crippen LogP contribution >= 0.6 is 11.3 Å². The summed E-state index contributed by atoms with van der Waals surface area (Å²) in [4.78, 5) is 10.6. The Morgan fingerprint density at radius 3 is 2.80 bits per heavy atom. The van der Waals surface area contributed by atoms with E-state index in [0.717, 1.165) is 16.6 Å². The van der Waals surface area contributed by atoms with Crippen LogP contribution in [0.3, 0.4) is 0 Å². The van der Waals surface area contributed by atoms with E-state index < -0.39 is 0 Å². The summed E-state index contributed by atoms with van der Waals surface area (Å²) in [7, 11) is 0. The zero-order chi connectivity index (χ0) is 11.3. The number of rotatable bonds is 5. The molecule has 0 aromatic carbocycles. The van der Waals surface area contributed by atoms with E-state index in [1.54, 1.807) is 0 Å². The predicted molar refractivity (Wildman–Crippen MR) is 61.1 cm³/mol. The van der Waals surface area contributed by atoms with Crippen molar-refractivity contribution in [1.29, 1.82) is 0 Å². The normalized spacial score (nSPS) is 10.4. The average Bonchev–Trinajstić information content (AvgIpc) is 2.50. The van der Waals surface area contributed by atoms with E-state index in [0.29, 0.717) is 12.6 Å². The molecule has 1 aromatic heterocycles. The number of hydrogen-bond acceptors (Lipinski definition) is 5. The third-order valence-electron chi connectivity index (χ3n) is 1.59. The molecule has 0 aliphatic rings. The lowest BCUT2D eigenvalue weighted by atomic mass is 10.4. The molecule has 1 rings (SSSR count). The van der Waals surface area contributed by atoms with Crippen molar-refractivity contribution in [3.63, 3.8) is 0 Å². The predicted octanol–water partition coefficient (Wildman–Crippen LogP) is 1.04. The SMILES string of the molecule is CC(=O)NCCc1nnc(NC(C)C)s1. The van der Waals surface area contributed by atoms with Crippen molar-refractivity contribution in [2.75, 3.05) is 11.9 Å². The molecule has 0 aliphatic heterocycles. The first-order valence-corrected chi connectivity index (χ1v) is 5.73. The maximum Gasteiger partial charge on any atom is 0.216 e. The second-order valence-electron chi connectivity index (χ2n) is 3.53. The van der Waals surface area contributed by atoms with E-state index in [1.807, 2.05) is 0 Å². The fourth-order valence-electron chi connectivity index (χ4n) is 1.01. The van der Waals surface area contributed by atoms with Gasteiger partial charge in [-0.3, -0.25) is 4.79 Å². The van der Waals surface area contributed by atoms with E-state index in [-0.39, 0.29) is 5.91 Å². The minimum absolute atomic E-state index is 0.0138. The number of amides is 1. The largest absolute Gasteiger partial charge is 0.358 e. The highest BCUT2D eigenvalue weighted by Crippen LogP contribution is 2.15. The summed E-state index contributed by atoms with van der Waals surface area (Å²) in [5.74, 6) is -0.0138. The Kier molecular flexibility index (Phi) is 4.48. The third kappa shape index (κ3) is 4.73. The second-order valence-corrected chi connectivity index (χ2v) is 4.60. The second kappa shape index (κ2) is 5.65. The smallest absolute Gasteiger partial charge is 0.216 e. The van der Waals surface area contributed by atoms with Gasteiger partial charge in [0.25, 0.3) is 0 Å². The van der Waals surface area contributed by atoms with Crippen molar-refractivity contribution >= 4 is 22.4 Å². The third-order valence-corrected chi connectivity index (χ3v) is 2.51. The first-order valence-electron chi connectivity index (χ1n) is 4.91. The van der Waals surface area contributed by atoms with Crippen LogP contribution in [-0.2, 0) is 11.2 Å². The van der Waals surface area contributed by atoms with Gasteiger partial charge in [-0.05, 0) is 13.8 Å². The molecule has 0 unspecified atom stereocenters. The molecule has 1 aromatic rings. The molecule has 5 nitrogen and oxygen atoms in total. The maximum atomic E-state index is 10.6. The highest BCUT2D eigenvalue weighted by molar-refractivity contribution is 7.15. The van der Waals surface area contributed by atoms with E-state index in [1.165, 1.54) is 18.3 Å². The first kappa shape index (κ1) is 11.9. The number of nitrogens with one attached hydrogen (secondary N) is 2. The van der Waals surface area contributed by atoms with Gasteiger partial charge in [-0.25, -0.2) is 0 Å². The molecule has 0 spiro atoms. The van der Waals surface area contributed by atoms with E-state index in [2.05, 4.69) is 34.7 Å². The average molecular weight is 228 g/mol. The van der Waals surface area contributed by atoms with Crippen LogP contribution in [0.2, 0.25) is 0 Å². The van der Waals surface area contributed by atoms with Gasteiger partial charge in [-0.1, -0.05) is 11.3 Å². The van der Waals surface area contributed by atoms with Crippen molar-refractivity contribution in [3.8, 4) is 0 Å². The Morgan fingerprint density at radius 2 is 2.20 bits per heavy atom. The molecule has 2 N–H and O–H groups in total. The van der Waals surface area contributed by atoms with Crippen LogP contribution in [-0.4, -0.2) is 28.7 Å². The number of aromatic nitrogens is 2. The lowest BCUT2D eigenvalue weighted by molar-refractivity contribution is -0.118. The molecule has 0 saturated heterocycles. The summed E-state index contributed by atoms with van der Waals surface area (Å²) in [6, 6.07) is 0.362. The topological polar surface area (TPSA) is 66.9 Å². The Labute approximate surface area is 93.3 Å². The van der Waals surface area contributed by atoms with Crippen LogP contribution in [0.25, 0.3) is 0 Å². The molecule has 0 saturated carbocycles. The standard InChI is InChI=1S/C9H16N4OS/c1-6(2)11-9-13-12-8(15-9)4-5-10-7(3)14/h6H,4-5H2,1-3H3,(H,10,14)(H,11,13). The van der Waals surface area contributed by atoms with Gasteiger partial charge in [0.05, 0.1) is 0 Å². The van der Waals surface area contributed by atoms with Gasteiger partial charge in [0, 0.05) is 25.9 Å². The van der Waals surface area contributed by atoms with Crippen LogP contribution in [0.4, 0.5) is 5.13 Å². The molecule has 0 radical (unpaired) electrons. The minimum atomic E-state index is -0.0138. The van der Waals surface area contributed by atoms with Crippen molar-refractivity contribution in [1.82, 2.24) is 15.5 Å². The zero-order valence-corrected chi connectivity index (χ0v) is 10.0. The van der Waals surface area contributed by atoms with Crippen molar-refractivity contribution in [2.24, 2.45) is 0 Å². The van der Waals surface area contributed by atoms with Crippen LogP contribution in [0, 0.1) is 0 Å². The summed E-state index contributed by atoms with van der Waals surface area (Å²) in [6.45, 7) is 6.23. The molecular weight excluding hydrogens is 212 g/mol. The van der Waals surface area contributed by atoms with E-state index in [4.69, 9.17) is 0 Å². The van der Waals surface area contributed by atoms with E-state index >= 15 is 0 Å². The fraction of sp³-hybridized carbons (Fsp3) is 0.667. The lowest BCUT2D eigenvalue weighted by Crippen LogP contribution is -2.22. The fourth-order valence-corrected chi connectivity index (χ4v) is 1.89. The Balaban J connectivity index is 2.36. The minimum Gasteiger partial charge on any atom is -0.358 e. The Hall–Kier alpha value is -1.17. The van der Waals surface area contributed by atoms with E-state index in [9.17, 15) is 4.79 Å². The molecule has 0 atom stereocenters. The van der Waals surface area contributed by atoms with Crippen LogP contribution in [0.15, 0.2) is 0 Å². The van der Waals surface area contributed by atoms with Gasteiger partial charge < -0.3 is 10.6 Å². The summed E-state index contributed by atoms with van der Waals surface area (Å²) >= 11 is 1.53. The molecular formula is C9H16N4OS. The highest BCUT2D eigenvalue weighted by Gasteiger charge is 2.04. The molecule has 0 fully saturated rings. The zero-order valence-electron chi connectivity index (χ0n) is 9.20. The Morgan fingerprint density at radius 1 is 1.47 bits per heavy atom. The molecule has 1 amide bonds. The molecule has 1 heterocycles. The van der Waals surface area contributed by atoms with Crippen molar-refractivity contribution < 1.29 is 4.79 Å². The molecule has 84 valence electrons. The monoisotopic (exact) mass is 228 g/mol. The van der Waals surface area contributed by atoms with Gasteiger partial charge in [-0.2, -0.15) is 0 Å². The number of carbonyl (C=O) groups is 1. The van der Waals surface area contributed by atoms with Crippen molar-refractivity contribution in [2.45, 2.75) is 33.2 Å². The quantitative estimate of drug-likeness (QED) is 0.790. The molecule has 0 bridgehead atoms. The van der Waals surface area contributed by atoms with Crippen molar-refractivity contribution in [3.05, 3.63) is 5.01 Å². The molecule has 0 aliphatic carbocycles. The summed E-state index contributed by atoms with van der Waals surface area (Å²) in [6.07, 6.45) is 0.733. The van der Waals surface area contributed by atoms with Gasteiger partial charge >= 0.3 is 0 Å². The Bertz CT molecular complexity index is 324. The number of hydrogen-bond donors (Lipinski definition) is 2. The number of nitrogens with zero attached hydrogens (tertiary/aromatic N) is 2. The van der Waals surface area contributed by atoms with Crippen LogP contribution < -0.4 is 10.6 Å². The number of anilines is 1. The van der Waals surface area contributed by atoms with Gasteiger partial charge in [0.15, 0.2) is 0 Å². The number of carbonyl (C=O) groups excluding carboxylic acids is 1. The maximum absolute atomic E-state index is 10.6. The van der Waals surface area contributed by atoms with Gasteiger partial charge in [0.1, 0.15) is 5.01 Å². The van der Waals surface area contributed by atoms with Crippen LogP contribution in [0.1, 0.15) is 25.8 Å². The summed E-state index contributed by atoms with van der Waals surface area (Å²) < 4.78 is 0. The highest BCUT2D eigenvalue weighted by atomic mass is 32.1. The molecule has 6 heteroatoms. The van der Waals surface area contributed by atoms with Gasteiger partial charge in [0.2, 0.25) is 11.0 Å². The van der Waals surface area contributed by atoms with Crippen LogP contribution in [0.5, 0.6) is 0 Å².